The van der Waals surface area contributed by atoms with Gasteiger partial charge in [0.05, 0.1) is 12.7 Å². The van der Waals surface area contributed by atoms with Gasteiger partial charge in [0, 0.05) is 12.2 Å². The van der Waals surface area contributed by atoms with Crippen molar-refractivity contribution in [2.75, 3.05) is 13.2 Å². The van der Waals surface area contributed by atoms with E-state index < -0.39 is 6.10 Å². The minimum absolute atomic E-state index is 0.114. The van der Waals surface area contributed by atoms with Crippen LogP contribution in [0.25, 0.3) is 0 Å². The van der Waals surface area contributed by atoms with Gasteiger partial charge in [0.2, 0.25) is 0 Å². The second-order valence-electron chi connectivity index (χ2n) is 4.67. The van der Waals surface area contributed by atoms with E-state index in [9.17, 15) is 5.11 Å². The molecular weight excluding hydrogens is 216 g/mol. The van der Waals surface area contributed by atoms with Gasteiger partial charge in [0.1, 0.15) is 11.9 Å². The largest absolute Gasteiger partial charge is 0.488 e. The summed E-state index contributed by atoms with van der Waals surface area (Å²) < 4.78 is 11.3. The maximum atomic E-state index is 9.71. The lowest BCUT2D eigenvalue weighted by molar-refractivity contribution is 0.00611. The van der Waals surface area contributed by atoms with Crippen molar-refractivity contribution >= 4 is 0 Å². The number of aliphatic hydroxyl groups is 1. The van der Waals surface area contributed by atoms with E-state index in [0.717, 1.165) is 36.3 Å². The van der Waals surface area contributed by atoms with E-state index in [1.165, 1.54) is 0 Å². The first-order valence-corrected chi connectivity index (χ1v) is 6.20. The maximum Gasteiger partial charge on any atom is 0.125 e. The van der Waals surface area contributed by atoms with Crippen LogP contribution in [-0.4, -0.2) is 24.4 Å². The first kappa shape index (κ1) is 12.4. The Labute approximate surface area is 102 Å². The molecule has 1 aromatic rings. The van der Waals surface area contributed by atoms with Gasteiger partial charge in [0.25, 0.3) is 0 Å². The molecule has 0 spiro atoms. The Kier molecular flexibility index (Phi) is 4.02. The van der Waals surface area contributed by atoms with E-state index in [2.05, 4.69) is 0 Å². The number of ether oxygens (including phenoxy) is 2. The van der Waals surface area contributed by atoms with Gasteiger partial charge >= 0.3 is 0 Å². The molecule has 94 valence electrons. The fourth-order valence-corrected chi connectivity index (χ4v) is 2.07. The molecule has 3 heteroatoms. The summed E-state index contributed by atoms with van der Waals surface area (Å²) in [5.74, 6) is 0.788. The molecule has 3 nitrogen and oxygen atoms in total. The molecule has 1 aliphatic heterocycles. The van der Waals surface area contributed by atoms with Crippen LogP contribution in [0, 0.1) is 6.92 Å². The maximum absolute atomic E-state index is 9.71. The highest BCUT2D eigenvalue weighted by Crippen LogP contribution is 2.28. The Balaban J connectivity index is 2.14. The lowest BCUT2D eigenvalue weighted by Crippen LogP contribution is -2.28. The van der Waals surface area contributed by atoms with Crippen molar-refractivity contribution in [3.8, 4) is 5.75 Å². The van der Waals surface area contributed by atoms with Crippen LogP contribution in [0.15, 0.2) is 18.2 Å². The number of hydrogen-bond acceptors (Lipinski definition) is 3. The van der Waals surface area contributed by atoms with E-state index in [1.54, 1.807) is 6.92 Å². The third kappa shape index (κ3) is 3.20. The number of aryl methyl sites for hydroxylation is 1. The SMILES string of the molecule is Cc1ccc([C@H](C)O)c(OC2CCCOC2)c1. The summed E-state index contributed by atoms with van der Waals surface area (Å²) in [5.41, 5.74) is 1.99. The van der Waals surface area contributed by atoms with Gasteiger partial charge in [0.15, 0.2) is 0 Å². The monoisotopic (exact) mass is 236 g/mol. The highest BCUT2D eigenvalue weighted by molar-refractivity contribution is 5.38. The molecule has 0 radical (unpaired) electrons. The van der Waals surface area contributed by atoms with E-state index in [4.69, 9.17) is 9.47 Å². The summed E-state index contributed by atoms with van der Waals surface area (Å²) in [7, 11) is 0. The standard InChI is InChI=1S/C14H20O3/c1-10-5-6-13(11(2)15)14(8-10)17-12-4-3-7-16-9-12/h5-6,8,11-12,15H,3-4,7,9H2,1-2H3/t11-,12?/m0/s1. The first-order valence-electron chi connectivity index (χ1n) is 6.20. The van der Waals surface area contributed by atoms with Crippen LogP contribution in [0.5, 0.6) is 5.75 Å². The van der Waals surface area contributed by atoms with Crippen LogP contribution in [0.1, 0.15) is 37.0 Å². The summed E-state index contributed by atoms with van der Waals surface area (Å²) in [4.78, 5) is 0. The highest BCUT2D eigenvalue weighted by atomic mass is 16.5. The third-order valence-electron chi connectivity index (χ3n) is 3.03. The number of benzene rings is 1. The fraction of sp³-hybridized carbons (Fsp3) is 0.571. The average Bonchev–Trinajstić information content (AvgIpc) is 2.30. The van der Waals surface area contributed by atoms with Gasteiger partial charge in [-0.25, -0.2) is 0 Å². The van der Waals surface area contributed by atoms with Crippen molar-refractivity contribution in [2.24, 2.45) is 0 Å². The van der Waals surface area contributed by atoms with Crippen LogP contribution < -0.4 is 4.74 Å². The Morgan fingerprint density at radius 2 is 2.29 bits per heavy atom. The van der Waals surface area contributed by atoms with E-state index >= 15 is 0 Å². The van der Waals surface area contributed by atoms with Gasteiger partial charge in [-0.05, 0) is 38.3 Å². The molecule has 0 aromatic heterocycles. The summed E-state index contributed by atoms with van der Waals surface area (Å²) in [6, 6.07) is 5.90. The van der Waals surface area contributed by atoms with Crippen molar-refractivity contribution in [3.05, 3.63) is 29.3 Å². The fourth-order valence-electron chi connectivity index (χ4n) is 2.07. The average molecular weight is 236 g/mol. The van der Waals surface area contributed by atoms with Crippen molar-refractivity contribution in [2.45, 2.75) is 38.9 Å². The molecule has 1 aliphatic rings. The zero-order chi connectivity index (χ0) is 12.3. The topological polar surface area (TPSA) is 38.7 Å². The molecule has 2 atom stereocenters. The molecule has 2 rings (SSSR count). The molecule has 1 unspecified atom stereocenters. The summed E-state index contributed by atoms with van der Waals surface area (Å²) in [6.07, 6.45) is 1.67. The highest BCUT2D eigenvalue weighted by Gasteiger charge is 2.18. The van der Waals surface area contributed by atoms with Crippen LogP contribution in [-0.2, 0) is 4.74 Å². The molecule has 0 aliphatic carbocycles. The van der Waals surface area contributed by atoms with Crippen LogP contribution in [0.2, 0.25) is 0 Å². The summed E-state index contributed by atoms with van der Waals surface area (Å²) >= 11 is 0. The Hall–Kier alpha value is -1.06. The van der Waals surface area contributed by atoms with Crippen LogP contribution in [0.4, 0.5) is 0 Å². The molecule has 0 amide bonds. The van der Waals surface area contributed by atoms with E-state index in [-0.39, 0.29) is 6.10 Å². The second kappa shape index (κ2) is 5.52. The number of rotatable bonds is 3. The smallest absolute Gasteiger partial charge is 0.125 e. The normalized spacial score (nSPS) is 22.2. The minimum Gasteiger partial charge on any atom is -0.488 e. The molecule has 1 N–H and O–H groups in total. The first-order chi connectivity index (χ1) is 8.16. The van der Waals surface area contributed by atoms with Gasteiger partial charge in [-0.2, -0.15) is 0 Å². The van der Waals surface area contributed by atoms with Crippen molar-refractivity contribution in [1.82, 2.24) is 0 Å². The molecule has 1 saturated heterocycles. The number of hydrogen-bond donors (Lipinski definition) is 1. The Morgan fingerprint density at radius 1 is 1.47 bits per heavy atom. The van der Waals surface area contributed by atoms with Gasteiger partial charge in [-0.15, -0.1) is 0 Å². The predicted octanol–water partition coefficient (Wildman–Crippen LogP) is 2.61. The summed E-state index contributed by atoms with van der Waals surface area (Å²) in [5, 5.41) is 9.71. The van der Waals surface area contributed by atoms with Crippen LogP contribution >= 0.6 is 0 Å². The minimum atomic E-state index is -0.505. The van der Waals surface area contributed by atoms with Gasteiger partial charge in [-0.3, -0.25) is 0 Å². The molecule has 1 fully saturated rings. The molecule has 1 aromatic carbocycles. The summed E-state index contributed by atoms with van der Waals surface area (Å²) in [6.45, 7) is 5.26. The zero-order valence-electron chi connectivity index (χ0n) is 10.5. The Morgan fingerprint density at radius 3 is 2.94 bits per heavy atom. The molecule has 0 bridgehead atoms. The third-order valence-corrected chi connectivity index (χ3v) is 3.03. The second-order valence-corrected chi connectivity index (χ2v) is 4.67. The zero-order valence-corrected chi connectivity index (χ0v) is 10.5. The van der Waals surface area contributed by atoms with Crippen molar-refractivity contribution < 1.29 is 14.6 Å². The van der Waals surface area contributed by atoms with Crippen molar-refractivity contribution in [3.63, 3.8) is 0 Å². The number of aliphatic hydroxyl groups excluding tert-OH is 1. The van der Waals surface area contributed by atoms with E-state index in [1.807, 2.05) is 25.1 Å². The van der Waals surface area contributed by atoms with Gasteiger partial charge < -0.3 is 14.6 Å². The predicted molar refractivity (Wildman–Crippen MR) is 66.3 cm³/mol. The lowest BCUT2D eigenvalue weighted by Gasteiger charge is -2.25. The van der Waals surface area contributed by atoms with Gasteiger partial charge in [-0.1, -0.05) is 12.1 Å². The molecule has 1 heterocycles. The lowest BCUT2D eigenvalue weighted by atomic mass is 10.1. The Bertz CT molecular complexity index is 368. The van der Waals surface area contributed by atoms with Crippen LogP contribution in [0.3, 0.4) is 0 Å². The molecule has 0 saturated carbocycles. The quantitative estimate of drug-likeness (QED) is 0.876. The molecular formula is C14H20O3. The van der Waals surface area contributed by atoms with E-state index in [0.29, 0.717) is 6.61 Å². The molecule has 17 heavy (non-hydrogen) atoms. The van der Waals surface area contributed by atoms with Crippen molar-refractivity contribution in [1.29, 1.82) is 0 Å².